The van der Waals surface area contributed by atoms with Crippen LogP contribution in [-0.2, 0) is 0 Å². The number of aldehydes is 1. The molecule has 0 aliphatic carbocycles. The summed E-state index contributed by atoms with van der Waals surface area (Å²) in [7, 11) is 0. The monoisotopic (exact) mass is 223 g/mol. The Labute approximate surface area is 98.6 Å². The molecule has 0 saturated carbocycles. The van der Waals surface area contributed by atoms with Gasteiger partial charge in [0.2, 0.25) is 0 Å². The van der Waals surface area contributed by atoms with Gasteiger partial charge in [-0.15, -0.1) is 0 Å². The molecule has 17 heavy (non-hydrogen) atoms. The van der Waals surface area contributed by atoms with Gasteiger partial charge in [-0.05, 0) is 29.8 Å². The molecule has 82 valence electrons. The Morgan fingerprint density at radius 2 is 2.00 bits per heavy atom. The minimum absolute atomic E-state index is 0.0899. The van der Waals surface area contributed by atoms with Crippen molar-refractivity contribution in [2.75, 3.05) is 0 Å². The molecule has 0 aliphatic rings. The molecule has 0 bridgehead atoms. The molecule has 0 saturated heterocycles. The zero-order valence-electron chi connectivity index (χ0n) is 8.92. The Morgan fingerprint density at radius 1 is 1.18 bits per heavy atom. The van der Waals surface area contributed by atoms with Crippen molar-refractivity contribution < 1.29 is 9.90 Å². The Hall–Kier alpha value is -2.60. The highest BCUT2D eigenvalue weighted by Crippen LogP contribution is 2.30. The summed E-state index contributed by atoms with van der Waals surface area (Å²) in [6.45, 7) is 0. The summed E-state index contributed by atoms with van der Waals surface area (Å²) in [6, 6.07) is 13.5. The van der Waals surface area contributed by atoms with Crippen LogP contribution in [0.4, 0.5) is 0 Å². The van der Waals surface area contributed by atoms with Gasteiger partial charge in [-0.25, -0.2) is 0 Å². The number of hydrogen-bond acceptors (Lipinski definition) is 3. The molecular formula is C14H9NO2. The first-order valence-corrected chi connectivity index (χ1v) is 5.03. The quantitative estimate of drug-likeness (QED) is 0.796. The predicted molar refractivity (Wildman–Crippen MR) is 63.6 cm³/mol. The van der Waals surface area contributed by atoms with E-state index in [-0.39, 0.29) is 5.75 Å². The average Bonchev–Trinajstić information content (AvgIpc) is 2.39. The van der Waals surface area contributed by atoms with Crippen LogP contribution in [0.5, 0.6) is 5.75 Å². The van der Waals surface area contributed by atoms with Crippen LogP contribution in [-0.4, -0.2) is 11.4 Å². The molecule has 0 aromatic heterocycles. The topological polar surface area (TPSA) is 61.1 Å². The van der Waals surface area contributed by atoms with E-state index in [1.165, 1.54) is 6.07 Å². The second-order valence-electron chi connectivity index (χ2n) is 3.59. The number of benzene rings is 2. The van der Waals surface area contributed by atoms with E-state index in [0.717, 1.165) is 6.29 Å². The third-order valence-electron chi connectivity index (χ3n) is 2.46. The summed E-state index contributed by atoms with van der Waals surface area (Å²) < 4.78 is 0. The SMILES string of the molecule is N#Cc1ccc(O)c(-c2cccc(C=O)c2)c1. The molecule has 2 aromatic rings. The highest BCUT2D eigenvalue weighted by atomic mass is 16.3. The van der Waals surface area contributed by atoms with Gasteiger partial charge in [0.15, 0.2) is 0 Å². The fraction of sp³-hybridized carbons (Fsp3) is 0. The molecule has 0 radical (unpaired) electrons. The number of nitrogens with zero attached hydrogens (tertiary/aromatic N) is 1. The Bertz CT molecular complexity index is 612. The van der Waals surface area contributed by atoms with Gasteiger partial charge >= 0.3 is 0 Å². The molecule has 3 heteroatoms. The fourth-order valence-electron chi connectivity index (χ4n) is 1.62. The number of rotatable bonds is 2. The van der Waals surface area contributed by atoms with E-state index < -0.39 is 0 Å². The van der Waals surface area contributed by atoms with E-state index in [9.17, 15) is 9.90 Å². The van der Waals surface area contributed by atoms with Crippen molar-refractivity contribution in [3.63, 3.8) is 0 Å². The molecule has 2 aromatic carbocycles. The first-order valence-electron chi connectivity index (χ1n) is 5.03. The lowest BCUT2D eigenvalue weighted by Crippen LogP contribution is -1.84. The van der Waals surface area contributed by atoms with Crippen LogP contribution in [0.3, 0.4) is 0 Å². The maximum atomic E-state index is 10.7. The van der Waals surface area contributed by atoms with E-state index in [1.807, 2.05) is 6.07 Å². The minimum atomic E-state index is 0.0899. The van der Waals surface area contributed by atoms with Crippen molar-refractivity contribution in [3.8, 4) is 22.9 Å². The molecule has 0 unspecified atom stereocenters. The molecular weight excluding hydrogens is 214 g/mol. The van der Waals surface area contributed by atoms with Gasteiger partial charge in [-0.2, -0.15) is 5.26 Å². The molecule has 0 heterocycles. The largest absolute Gasteiger partial charge is 0.507 e. The van der Waals surface area contributed by atoms with E-state index in [1.54, 1.807) is 36.4 Å². The van der Waals surface area contributed by atoms with Crippen LogP contribution in [0.1, 0.15) is 15.9 Å². The van der Waals surface area contributed by atoms with Gasteiger partial charge in [0.1, 0.15) is 12.0 Å². The van der Waals surface area contributed by atoms with Crippen molar-refractivity contribution in [1.82, 2.24) is 0 Å². The highest BCUT2D eigenvalue weighted by Gasteiger charge is 2.06. The van der Waals surface area contributed by atoms with Crippen molar-refractivity contribution in [3.05, 3.63) is 53.6 Å². The van der Waals surface area contributed by atoms with Gasteiger partial charge in [0.25, 0.3) is 0 Å². The second-order valence-corrected chi connectivity index (χ2v) is 3.59. The standard InChI is InChI=1S/C14H9NO2/c15-8-10-4-5-14(17)13(7-10)12-3-1-2-11(6-12)9-16/h1-7,9,17H. The summed E-state index contributed by atoms with van der Waals surface area (Å²) in [6.07, 6.45) is 0.745. The number of carbonyl (C=O) groups is 1. The molecule has 3 nitrogen and oxygen atoms in total. The third-order valence-corrected chi connectivity index (χ3v) is 2.46. The second kappa shape index (κ2) is 4.50. The number of nitriles is 1. The van der Waals surface area contributed by atoms with E-state index in [2.05, 4.69) is 0 Å². The smallest absolute Gasteiger partial charge is 0.150 e. The summed E-state index contributed by atoms with van der Waals surface area (Å²) in [4.78, 5) is 10.7. The molecule has 1 N–H and O–H groups in total. The van der Waals surface area contributed by atoms with Gasteiger partial charge < -0.3 is 5.11 Å². The van der Waals surface area contributed by atoms with Crippen molar-refractivity contribution in [2.45, 2.75) is 0 Å². The Kier molecular flexibility index (Phi) is 2.89. The summed E-state index contributed by atoms with van der Waals surface area (Å²) in [5, 5.41) is 18.6. The molecule has 2 rings (SSSR count). The lowest BCUT2D eigenvalue weighted by molar-refractivity contribution is 0.112. The molecule has 0 amide bonds. The van der Waals surface area contributed by atoms with Gasteiger partial charge in [0.05, 0.1) is 11.6 Å². The third kappa shape index (κ3) is 2.16. The van der Waals surface area contributed by atoms with Crippen molar-refractivity contribution in [1.29, 1.82) is 5.26 Å². The summed E-state index contributed by atoms with van der Waals surface area (Å²) >= 11 is 0. The van der Waals surface area contributed by atoms with Gasteiger partial charge in [-0.1, -0.05) is 18.2 Å². The minimum Gasteiger partial charge on any atom is -0.507 e. The Morgan fingerprint density at radius 3 is 2.71 bits per heavy atom. The number of aromatic hydroxyl groups is 1. The zero-order chi connectivity index (χ0) is 12.3. The van der Waals surface area contributed by atoms with Crippen molar-refractivity contribution >= 4 is 6.29 Å². The highest BCUT2D eigenvalue weighted by molar-refractivity contribution is 5.80. The number of phenolic OH excluding ortho intramolecular Hbond substituents is 1. The van der Waals surface area contributed by atoms with Gasteiger partial charge in [0, 0.05) is 11.1 Å². The number of phenols is 1. The normalized spacial score (nSPS) is 9.59. The maximum absolute atomic E-state index is 10.7. The first-order chi connectivity index (χ1) is 8.24. The van der Waals surface area contributed by atoms with Crippen LogP contribution >= 0.6 is 0 Å². The average molecular weight is 223 g/mol. The number of carbonyl (C=O) groups excluding carboxylic acids is 1. The Balaban J connectivity index is 2.59. The van der Waals surface area contributed by atoms with E-state index in [4.69, 9.17) is 5.26 Å². The van der Waals surface area contributed by atoms with Gasteiger partial charge in [-0.3, -0.25) is 4.79 Å². The predicted octanol–water partition coefficient (Wildman–Crippen LogP) is 2.74. The van der Waals surface area contributed by atoms with Crippen LogP contribution in [0.2, 0.25) is 0 Å². The first kappa shape index (κ1) is 10.9. The molecule has 0 spiro atoms. The summed E-state index contributed by atoms with van der Waals surface area (Å²) in [5.74, 6) is 0.0899. The van der Waals surface area contributed by atoms with Crippen LogP contribution in [0, 0.1) is 11.3 Å². The lowest BCUT2D eigenvalue weighted by Gasteiger charge is -2.05. The van der Waals surface area contributed by atoms with Crippen LogP contribution in [0.25, 0.3) is 11.1 Å². The molecule has 0 atom stereocenters. The molecule has 0 fully saturated rings. The zero-order valence-corrected chi connectivity index (χ0v) is 8.92. The van der Waals surface area contributed by atoms with Crippen LogP contribution < -0.4 is 0 Å². The molecule has 0 aliphatic heterocycles. The number of hydrogen-bond donors (Lipinski definition) is 1. The maximum Gasteiger partial charge on any atom is 0.150 e. The summed E-state index contributed by atoms with van der Waals surface area (Å²) in [5.41, 5.74) is 2.26. The van der Waals surface area contributed by atoms with Crippen LogP contribution in [0.15, 0.2) is 42.5 Å². The van der Waals surface area contributed by atoms with E-state index in [0.29, 0.717) is 22.3 Å². The lowest BCUT2D eigenvalue weighted by atomic mass is 10.0. The van der Waals surface area contributed by atoms with Crippen molar-refractivity contribution in [2.24, 2.45) is 0 Å². The van der Waals surface area contributed by atoms with E-state index >= 15 is 0 Å². The fourth-order valence-corrected chi connectivity index (χ4v) is 1.62.